The SMILES string of the molecule is C[Si](C)(C)O[C@@H]([C@H](OCc1ccccc1)[C@@H](OCc1ccccc1)[C@@H](COCc1ccccc1)OS(=O)(=O)c1ccc([N+](=O)[O-])cc1)n1cnc2c(N)ncnc21. The molecule has 17 heteroatoms. The summed E-state index contributed by atoms with van der Waals surface area (Å²) in [5, 5.41) is 11.4. The predicted octanol–water partition coefficient (Wildman–Crippen LogP) is 6.83. The average molecular weight is 813 g/mol. The number of nitro groups is 1. The van der Waals surface area contributed by atoms with Crippen LogP contribution in [0.1, 0.15) is 22.9 Å². The highest BCUT2D eigenvalue weighted by molar-refractivity contribution is 7.86. The van der Waals surface area contributed by atoms with E-state index in [1.54, 1.807) is 4.57 Å². The third kappa shape index (κ3) is 11.1. The molecule has 6 aromatic rings. The summed E-state index contributed by atoms with van der Waals surface area (Å²) in [7, 11) is -7.11. The standard InChI is InChI=1S/C40H44N6O9SSi/c1-57(2,3)55-40(45-28-44-35-38(41)42-27-43-39(35)45)37(53-25-31-17-11-6-12-18-31)36(52-24-30-15-9-5-10-16-30)34(26-51-23-29-13-7-4-8-14-29)54-56(49,50)33-21-19-32(20-22-33)46(47)48/h4-22,27-28,34,36-37,40H,23-26H2,1-3H3,(H2,41,42,43)/t34-,36+,37-,40+/m1/s1. The molecule has 6 rings (SSSR count). The van der Waals surface area contributed by atoms with Crippen LogP contribution in [0.15, 0.2) is 133 Å². The van der Waals surface area contributed by atoms with Crippen molar-refractivity contribution < 1.29 is 36.2 Å². The Bertz CT molecular complexity index is 2320. The van der Waals surface area contributed by atoms with Gasteiger partial charge in [0.1, 0.15) is 30.2 Å². The molecule has 2 N–H and O–H groups in total. The summed E-state index contributed by atoms with van der Waals surface area (Å²) < 4.78 is 62.9. The van der Waals surface area contributed by atoms with Crippen molar-refractivity contribution in [2.24, 2.45) is 0 Å². The Morgan fingerprint density at radius 3 is 1.84 bits per heavy atom. The molecule has 0 aliphatic rings. The van der Waals surface area contributed by atoms with Gasteiger partial charge in [-0.3, -0.25) is 18.9 Å². The number of imidazole rings is 1. The predicted molar refractivity (Wildman–Crippen MR) is 214 cm³/mol. The van der Waals surface area contributed by atoms with Crippen molar-refractivity contribution in [2.45, 2.75) is 68.9 Å². The zero-order valence-corrected chi connectivity index (χ0v) is 33.5. The Labute approximate surface area is 331 Å². The van der Waals surface area contributed by atoms with E-state index in [2.05, 4.69) is 15.0 Å². The summed E-state index contributed by atoms with van der Waals surface area (Å²) >= 11 is 0. The first kappa shape index (κ1) is 41.2. The number of hydrogen-bond donors (Lipinski definition) is 1. The summed E-state index contributed by atoms with van der Waals surface area (Å²) in [4.78, 5) is 23.6. The van der Waals surface area contributed by atoms with Crippen molar-refractivity contribution in [3.05, 3.63) is 155 Å². The number of nitrogen functional groups attached to an aromatic ring is 1. The molecule has 0 bridgehead atoms. The van der Waals surface area contributed by atoms with E-state index < -0.39 is 47.9 Å². The fourth-order valence-corrected chi connectivity index (χ4v) is 8.03. The maximum absolute atomic E-state index is 14.2. The Balaban J connectivity index is 1.49. The maximum atomic E-state index is 14.2. The minimum Gasteiger partial charge on any atom is -0.395 e. The number of nitrogens with two attached hydrogens (primary N) is 1. The average Bonchev–Trinajstić information content (AvgIpc) is 3.64. The van der Waals surface area contributed by atoms with Gasteiger partial charge in [0.2, 0.25) is 0 Å². The lowest BCUT2D eigenvalue weighted by atomic mass is 10.1. The van der Waals surface area contributed by atoms with E-state index in [0.29, 0.717) is 11.2 Å². The summed E-state index contributed by atoms with van der Waals surface area (Å²) in [6.07, 6.45) is -1.89. The molecule has 15 nitrogen and oxygen atoms in total. The number of nitrogens with zero attached hydrogens (tertiary/aromatic N) is 5. The number of fused-ring (bicyclic) bond motifs is 1. The third-order valence-corrected chi connectivity index (χ3v) is 11.0. The van der Waals surface area contributed by atoms with E-state index in [4.69, 9.17) is 28.6 Å². The van der Waals surface area contributed by atoms with Crippen LogP contribution >= 0.6 is 0 Å². The highest BCUT2D eigenvalue weighted by Crippen LogP contribution is 2.33. The number of benzene rings is 4. The largest absolute Gasteiger partial charge is 0.395 e. The molecule has 0 saturated heterocycles. The van der Waals surface area contributed by atoms with Gasteiger partial charge in [0, 0.05) is 12.1 Å². The molecule has 0 aliphatic heterocycles. The van der Waals surface area contributed by atoms with Crippen LogP contribution in [0.3, 0.4) is 0 Å². The van der Waals surface area contributed by atoms with Crippen LogP contribution in [-0.4, -0.2) is 66.1 Å². The fourth-order valence-electron chi connectivity index (χ4n) is 5.98. The number of rotatable bonds is 20. The number of anilines is 1. The van der Waals surface area contributed by atoms with Crippen LogP contribution in [0.5, 0.6) is 0 Å². The van der Waals surface area contributed by atoms with Gasteiger partial charge in [-0.05, 0) is 48.5 Å². The number of hydrogen-bond acceptors (Lipinski definition) is 13. The summed E-state index contributed by atoms with van der Waals surface area (Å²) in [6, 6.07) is 32.7. The van der Waals surface area contributed by atoms with E-state index >= 15 is 0 Å². The number of non-ortho nitro benzene ring substituents is 1. The third-order valence-electron chi connectivity index (χ3n) is 8.66. The molecule has 2 aromatic heterocycles. The van der Waals surface area contributed by atoms with Gasteiger partial charge in [-0.25, -0.2) is 15.0 Å². The van der Waals surface area contributed by atoms with Gasteiger partial charge >= 0.3 is 0 Å². The van der Waals surface area contributed by atoms with Gasteiger partial charge < -0.3 is 24.4 Å². The van der Waals surface area contributed by atoms with Crippen molar-refractivity contribution in [3.63, 3.8) is 0 Å². The van der Waals surface area contributed by atoms with Crippen LogP contribution in [0.25, 0.3) is 11.2 Å². The van der Waals surface area contributed by atoms with Gasteiger partial charge in [-0.1, -0.05) is 91.0 Å². The van der Waals surface area contributed by atoms with E-state index in [9.17, 15) is 18.5 Å². The quantitative estimate of drug-likeness (QED) is 0.0365. The molecule has 0 amide bonds. The van der Waals surface area contributed by atoms with Crippen molar-refractivity contribution in [1.82, 2.24) is 19.5 Å². The lowest BCUT2D eigenvalue weighted by molar-refractivity contribution is -0.384. The molecular weight excluding hydrogens is 769 g/mol. The van der Waals surface area contributed by atoms with Gasteiger partial charge in [0.25, 0.3) is 15.8 Å². The summed E-state index contributed by atoms with van der Waals surface area (Å²) in [5.74, 6) is 0.161. The Morgan fingerprint density at radius 1 is 0.754 bits per heavy atom. The highest BCUT2D eigenvalue weighted by Gasteiger charge is 2.44. The molecule has 0 spiro atoms. The second-order valence-corrected chi connectivity index (χ2v) is 20.1. The second-order valence-electron chi connectivity index (χ2n) is 14.1. The van der Waals surface area contributed by atoms with E-state index in [-0.39, 0.29) is 42.8 Å². The van der Waals surface area contributed by atoms with Crippen molar-refractivity contribution in [1.29, 1.82) is 0 Å². The summed E-state index contributed by atoms with van der Waals surface area (Å²) in [6.45, 7) is 5.94. The van der Waals surface area contributed by atoms with Gasteiger partial charge in [0.05, 0.1) is 42.6 Å². The molecule has 57 heavy (non-hydrogen) atoms. The zero-order valence-electron chi connectivity index (χ0n) is 31.7. The minimum atomic E-state index is -4.61. The zero-order chi connectivity index (χ0) is 40.4. The van der Waals surface area contributed by atoms with Gasteiger partial charge in [-0.15, -0.1) is 0 Å². The monoisotopic (exact) mass is 812 g/mol. The van der Waals surface area contributed by atoms with Crippen molar-refractivity contribution in [3.8, 4) is 0 Å². The Kier molecular flexibility index (Phi) is 13.5. The molecule has 0 fully saturated rings. The topological polar surface area (TPSA) is 193 Å². The molecule has 0 unspecified atom stereocenters. The minimum absolute atomic E-state index is 0.0201. The molecular formula is C40H44N6O9SSi. The molecule has 298 valence electrons. The molecule has 0 radical (unpaired) electrons. The van der Waals surface area contributed by atoms with Gasteiger partial charge in [-0.2, -0.15) is 8.42 Å². The van der Waals surface area contributed by atoms with Crippen LogP contribution in [0, 0.1) is 10.1 Å². The Hall–Kier alpha value is -5.40. The number of aromatic nitrogens is 4. The first-order chi connectivity index (χ1) is 27.4. The first-order valence-electron chi connectivity index (χ1n) is 18.1. The second kappa shape index (κ2) is 18.7. The molecule has 2 heterocycles. The van der Waals surface area contributed by atoms with E-state index in [1.165, 1.54) is 12.7 Å². The Morgan fingerprint density at radius 2 is 1.30 bits per heavy atom. The van der Waals surface area contributed by atoms with Crippen LogP contribution in [0.2, 0.25) is 19.6 Å². The number of nitro benzene ring substituents is 1. The van der Waals surface area contributed by atoms with Crippen LogP contribution < -0.4 is 5.73 Å². The summed E-state index contributed by atoms with van der Waals surface area (Å²) in [5.41, 5.74) is 9.11. The first-order valence-corrected chi connectivity index (χ1v) is 22.9. The van der Waals surface area contributed by atoms with E-state index in [1.807, 2.05) is 111 Å². The molecule has 0 saturated carbocycles. The highest BCUT2D eigenvalue weighted by atomic mass is 32.2. The molecule has 4 atom stereocenters. The fraction of sp³-hybridized carbons (Fsp3) is 0.275. The molecule has 4 aromatic carbocycles. The van der Waals surface area contributed by atoms with Gasteiger partial charge in [0.15, 0.2) is 26.0 Å². The number of ether oxygens (including phenoxy) is 3. The lowest BCUT2D eigenvalue weighted by Gasteiger charge is -2.39. The smallest absolute Gasteiger partial charge is 0.297 e. The van der Waals surface area contributed by atoms with Crippen molar-refractivity contribution >= 4 is 41.1 Å². The van der Waals surface area contributed by atoms with Crippen LogP contribution in [0.4, 0.5) is 11.5 Å². The van der Waals surface area contributed by atoms with Crippen LogP contribution in [-0.2, 0) is 52.8 Å². The molecule has 0 aliphatic carbocycles. The lowest BCUT2D eigenvalue weighted by Crippen LogP contribution is -2.51. The van der Waals surface area contributed by atoms with Crippen molar-refractivity contribution in [2.75, 3.05) is 12.3 Å². The maximum Gasteiger partial charge on any atom is 0.297 e. The van der Waals surface area contributed by atoms with E-state index in [0.717, 1.165) is 41.0 Å². The normalized spacial score (nSPS) is 14.2.